The number of hydrogen-bond acceptors (Lipinski definition) is 0. The highest BCUT2D eigenvalue weighted by Gasteiger charge is 2.19. The Morgan fingerprint density at radius 1 is 1.00 bits per heavy atom. The van der Waals surface area contributed by atoms with Crippen LogP contribution >= 0.6 is 0 Å². The second-order valence-electron chi connectivity index (χ2n) is 5.39. The van der Waals surface area contributed by atoms with Gasteiger partial charge < -0.3 is 0 Å². The molecule has 0 amide bonds. The third-order valence-electron chi connectivity index (χ3n) is 3.11. The maximum atomic E-state index is 2.31. The zero-order valence-corrected chi connectivity index (χ0v) is 10.6. The van der Waals surface area contributed by atoms with Crippen molar-refractivity contribution in [2.24, 2.45) is 0 Å². The summed E-state index contributed by atoms with van der Waals surface area (Å²) in [5, 5.41) is 0. The van der Waals surface area contributed by atoms with Gasteiger partial charge in [0.15, 0.2) is 0 Å². The van der Waals surface area contributed by atoms with E-state index in [1.165, 1.54) is 27.5 Å². The Balaban J connectivity index is 3.53. The van der Waals surface area contributed by atoms with Crippen molar-refractivity contribution in [3.05, 3.63) is 17.2 Å². The van der Waals surface area contributed by atoms with Crippen LogP contribution in [0, 0.1) is 6.92 Å². The van der Waals surface area contributed by atoms with Gasteiger partial charge in [0.1, 0.15) is 23.5 Å². The third-order valence-corrected chi connectivity index (χ3v) is 3.11. The summed E-state index contributed by atoms with van der Waals surface area (Å²) in [5.41, 5.74) is 7.52. The normalized spacial score (nSPS) is 11.7. The number of benzene rings is 1. The SMILES string of the molecule is Bc1cc(B)c(C(C)(C)C)c(B)c1C. The molecule has 72 valence electrons. The zero-order valence-electron chi connectivity index (χ0n) is 10.6. The molecule has 0 N–H and O–H groups in total. The first-order valence-electron chi connectivity index (χ1n) is 5.33. The first-order chi connectivity index (χ1) is 6.25. The molecule has 0 aliphatic carbocycles. The van der Waals surface area contributed by atoms with E-state index in [-0.39, 0.29) is 5.41 Å². The number of rotatable bonds is 0. The fraction of sp³-hybridized carbons (Fsp3) is 0.455. The van der Waals surface area contributed by atoms with Gasteiger partial charge in [-0.3, -0.25) is 0 Å². The van der Waals surface area contributed by atoms with Gasteiger partial charge in [0.05, 0.1) is 0 Å². The van der Waals surface area contributed by atoms with E-state index >= 15 is 0 Å². The van der Waals surface area contributed by atoms with E-state index in [2.05, 4.69) is 57.3 Å². The molecule has 0 aliphatic rings. The summed E-state index contributed by atoms with van der Waals surface area (Å²) in [7, 11) is 6.66. The molecule has 0 saturated heterocycles. The molecule has 1 rings (SSSR count). The van der Waals surface area contributed by atoms with Gasteiger partial charge in [-0.2, -0.15) is 0 Å². The standard InChI is InChI=1S/C11H19B3/c1-6-7(12)5-8(13)9(10(6)14)11(2,3)4/h5H,12-14H2,1-4H3. The molecule has 1 aromatic carbocycles. The van der Waals surface area contributed by atoms with Crippen LogP contribution in [0.15, 0.2) is 6.07 Å². The smallest absolute Gasteiger partial charge is 0.0872 e. The summed E-state index contributed by atoms with van der Waals surface area (Å²) < 4.78 is 0. The topological polar surface area (TPSA) is 0 Å². The highest BCUT2D eigenvalue weighted by Crippen LogP contribution is 2.18. The summed E-state index contributed by atoms with van der Waals surface area (Å²) in [6.07, 6.45) is 0. The van der Waals surface area contributed by atoms with Crippen molar-refractivity contribution >= 4 is 39.9 Å². The van der Waals surface area contributed by atoms with E-state index in [4.69, 9.17) is 0 Å². The van der Waals surface area contributed by atoms with Crippen LogP contribution in [0.3, 0.4) is 0 Å². The van der Waals surface area contributed by atoms with Crippen molar-refractivity contribution in [1.29, 1.82) is 0 Å². The van der Waals surface area contributed by atoms with Gasteiger partial charge in [0.25, 0.3) is 0 Å². The highest BCUT2D eigenvalue weighted by atomic mass is 14.2. The predicted molar refractivity (Wildman–Crippen MR) is 74.4 cm³/mol. The monoisotopic (exact) mass is 184 g/mol. The molecule has 0 saturated carbocycles. The van der Waals surface area contributed by atoms with E-state index in [1.807, 2.05) is 0 Å². The fourth-order valence-corrected chi connectivity index (χ4v) is 2.44. The molecule has 0 nitrogen and oxygen atoms in total. The molecule has 0 bridgehead atoms. The van der Waals surface area contributed by atoms with Crippen molar-refractivity contribution in [3.63, 3.8) is 0 Å². The Labute approximate surface area is 90.7 Å². The second kappa shape index (κ2) is 3.53. The summed E-state index contributed by atoms with van der Waals surface area (Å²) in [6.45, 7) is 9.09. The Morgan fingerprint density at radius 2 is 1.50 bits per heavy atom. The van der Waals surface area contributed by atoms with Crippen molar-refractivity contribution in [2.75, 3.05) is 0 Å². The molecule has 0 radical (unpaired) electrons. The summed E-state index contributed by atoms with van der Waals surface area (Å²) >= 11 is 0. The van der Waals surface area contributed by atoms with Crippen molar-refractivity contribution < 1.29 is 0 Å². The molecule has 14 heavy (non-hydrogen) atoms. The van der Waals surface area contributed by atoms with Crippen molar-refractivity contribution in [1.82, 2.24) is 0 Å². The van der Waals surface area contributed by atoms with Crippen molar-refractivity contribution in [3.8, 4) is 0 Å². The van der Waals surface area contributed by atoms with Crippen LogP contribution in [-0.2, 0) is 5.41 Å². The minimum absolute atomic E-state index is 0.257. The van der Waals surface area contributed by atoms with Gasteiger partial charge in [-0.05, 0) is 12.3 Å². The molecule has 3 heteroatoms. The Hall–Kier alpha value is -0.585. The molecular weight excluding hydrogens is 165 g/mol. The first-order valence-corrected chi connectivity index (χ1v) is 5.33. The zero-order chi connectivity index (χ0) is 11.1. The molecule has 0 unspecified atom stereocenters. The Kier molecular flexibility index (Phi) is 2.89. The van der Waals surface area contributed by atoms with E-state index in [1.54, 1.807) is 0 Å². The van der Waals surface area contributed by atoms with Crippen LogP contribution in [-0.4, -0.2) is 23.5 Å². The quantitative estimate of drug-likeness (QED) is 0.411. The van der Waals surface area contributed by atoms with Crippen LogP contribution in [0.4, 0.5) is 0 Å². The average molecular weight is 184 g/mol. The molecule has 1 aromatic rings. The highest BCUT2D eigenvalue weighted by molar-refractivity contribution is 6.45. The molecule has 0 aliphatic heterocycles. The molecule has 0 heterocycles. The molecule has 0 atom stereocenters. The Bertz CT molecular complexity index is 362. The lowest BCUT2D eigenvalue weighted by Gasteiger charge is -2.27. The molecule has 0 aromatic heterocycles. The average Bonchev–Trinajstić information content (AvgIpc) is 1.97. The van der Waals surface area contributed by atoms with Crippen LogP contribution in [0.2, 0.25) is 0 Å². The van der Waals surface area contributed by atoms with Crippen LogP contribution in [0.5, 0.6) is 0 Å². The second-order valence-corrected chi connectivity index (χ2v) is 5.39. The lowest BCUT2D eigenvalue weighted by molar-refractivity contribution is 0.598. The number of hydrogen-bond donors (Lipinski definition) is 0. The van der Waals surface area contributed by atoms with Crippen LogP contribution in [0.25, 0.3) is 0 Å². The first kappa shape index (κ1) is 11.5. The van der Waals surface area contributed by atoms with E-state index in [9.17, 15) is 0 Å². The summed E-state index contributed by atoms with van der Waals surface area (Å²) in [6, 6.07) is 2.31. The van der Waals surface area contributed by atoms with E-state index in [0.29, 0.717) is 0 Å². The Morgan fingerprint density at radius 3 is 1.93 bits per heavy atom. The minimum atomic E-state index is 0.257. The largest absolute Gasteiger partial charge is 0.139 e. The van der Waals surface area contributed by atoms with Crippen LogP contribution in [0.1, 0.15) is 31.9 Å². The fourth-order valence-electron chi connectivity index (χ4n) is 2.44. The van der Waals surface area contributed by atoms with Crippen molar-refractivity contribution in [2.45, 2.75) is 33.1 Å². The van der Waals surface area contributed by atoms with Gasteiger partial charge in [-0.25, -0.2) is 0 Å². The predicted octanol–water partition coefficient (Wildman–Crippen LogP) is -1.93. The van der Waals surface area contributed by atoms with E-state index < -0.39 is 0 Å². The minimum Gasteiger partial charge on any atom is -0.0872 e. The van der Waals surface area contributed by atoms with Gasteiger partial charge >= 0.3 is 0 Å². The van der Waals surface area contributed by atoms with Gasteiger partial charge in [-0.1, -0.05) is 54.4 Å². The maximum Gasteiger partial charge on any atom is 0.139 e. The maximum absolute atomic E-state index is 2.31. The van der Waals surface area contributed by atoms with Gasteiger partial charge in [0, 0.05) is 0 Å². The summed E-state index contributed by atoms with van der Waals surface area (Å²) in [5.74, 6) is 0. The lowest BCUT2D eigenvalue weighted by Crippen LogP contribution is -2.38. The third kappa shape index (κ3) is 1.92. The molecular formula is C11H19B3. The lowest BCUT2D eigenvalue weighted by atomic mass is 9.66. The summed E-state index contributed by atoms with van der Waals surface area (Å²) in [4.78, 5) is 0. The van der Waals surface area contributed by atoms with Crippen LogP contribution < -0.4 is 16.4 Å². The molecule has 0 fully saturated rings. The molecule has 0 spiro atoms. The van der Waals surface area contributed by atoms with Gasteiger partial charge in [-0.15, -0.1) is 0 Å². The van der Waals surface area contributed by atoms with Gasteiger partial charge in [0.2, 0.25) is 0 Å². The van der Waals surface area contributed by atoms with E-state index in [0.717, 1.165) is 0 Å².